The first kappa shape index (κ1) is 19.6. The number of carbonyl (C=O) groups is 2. The van der Waals surface area contributed by atoms with Crippen LogP contribution < -0.4 is 16.2 Å². The van der Waals surface area contributed by atoms with E-state index in [1.165, 1.54) is 6.33 Å². The van der Waals surface area contributed by atoms with Gasteiger partial charge in [0.25, 0.3) is 0 Å². The molecule has 1 aliphatic carbocycles. The number of fused-ring (bicyclic) bond motifs is 1. The Hall–Kier alpha value is -3.74. The summed E-state index contributed by atoms with van der Waals surface area (Å²) in [5.74, 6) is -0.697. The van der Waals surface area contributed by atoms with Gasteiger partial charge in [0.2, 0.25) is 11.8 Å². The number of anilines is 1. The van der Waals surface area contributed by atoms with Crippen LogP contribution in [-0.4, -0.2) is 21.8 Å². The molecule has 0 radical (unpaired) electrons. The Kier molecular flexibility index (Phi) is 5.98. The number of allylic oxidation sites excluding steroid dienone is 2. The average molecular weight is 401 g/mol. The van der Waals surface area contributed by atoms with Crippen molar-refractivity contribution in [3.05, 3.63) is 78.6 Å². The van der Waals surface area contributed by atoms with Crippen LogP contribution in [-0.2, 0) is 16.1 Å². The third-order valence-electron chi connectivity index (χ3n) is 5.26. The molecule has 1 aliphatic rings. The second kappa shape index (κ2) is 9.17. The van der Waals surface area contributed by atoms with Crippen molar-refractivity contribution in [2.45, 2.75) is 19.4 Å². The van der Waals surface area contributed by atoms with Crippen molar-refractivity contribution in [2.24, 2.45) is 11.8 Å². The van der Waals surface area contributed by atoms with E-state index in [2.05, 4.69) is 26.1 Å². The van der Waals surface area contributed by atoms with Crippen LogP contribution in [0, 0.1) is 11.8 Å². The topological polar surface area (TPSA) is 96.0 Å². The molecule has 0 fully saturated rings. The van der Waals surface area contributed by atoms with Gasteiger partial charge in [-0.2, -0.15) is 0 Å². The molecule has 0 aliphatic heterocycles. The Morgan fingerprint density at radius 3 is 2.37 bits per heavy atom. The molecular formula is C23H23N5O2. The van der Waals surface area contributed by atoms with Gasteiger partial charge >= 0.3 is 0 Å². The monoisotopic (exact) mass is 401 g/mol. The van der Waals surface area contributed by atoms with E-state index in [-0.39, 0.29) is 11.8 Å². The van der Waals surface area contributed by atoms with Gasteiger partial charge in [0, 0.05) is 11.9 Å². The molecule has 30 heavy (non-hydrogen) atoms. The van der Waals surface area contributed by atoms with Gasteiger partial charge in [0.1, 0.15) is 6.33 Å². The molecule has 0 spiro atoms. The highest BCUT2D eigenvalue weighted by Gasteiger charge is 2.34. The van der Waals surface area contributed by atoms with Gasteiger partial charge in [-0.1, -0.05) is 54.6 Å². The van der Waals surface area contributed by atoms with Crippen molar-refractivity contribution < 1.29 is 9.59 Å². The molecule has 7 nitrogen and oxygen atoms in total. The number of amides is 2. The normalized spacial score (nSPS) is 18.0. The predicted octanol–water partition coefficient (Wildman–Crippen LogP) is 2.97. The molecule has 2 amide bonds. The number of benzene rings is 2. The zero-order valence-corrected chi connectivity index (χ0v) is 16.4. The van der Waals surface area contributed by atoms with Crippen LogP contribution in [0.25, 0.3) is 10.9 Å². The van der Waals surface area contributed by atoms with E-state index >= 15 is 0 Å². The average Bonchev–Trinajstić information content (AvgIpc) is 2.81. The number of nitrogens with zero attached hydrogens (tertiary/aromatic N) is 2. The minimum absolute atomic E-state index is 0.115. The first-order valence-corrected chi connectivity index (χ1v) is 9.94. The first-order chi connectivity index (χ1) is 14.7. The van der Waals surface area contributed by atoms with E-state index in [9.17, 15) is 9.59 Å². The fourth-order valence-corrected chi connectivity index (χ4v) is 3.63. The number of hydrazine groups is 1. The summed E-state index contributed by atoms with van der Waals surface area (Å²) in [6, 6.07) is 17.3. The van der Waals surface area contributed by atoms with Crippen molar-refractivity contribution in [1.29, 1.82) is 0 Å². The lowest BCUT2D eigenvalue weighted by Crippen LogP contribution is -2.44. The van der Waals surface area contributed by atoms with E-state index in [4.69, 9.17) is 0 Å². The highest BCUT2D eigenvalue weighted by atomic mass is 16.2. The Morgan fingerprint density at radius 2 is 1.57 bits per heavy atom. The summed E-state index contributed by atoms with van der Waals surface area (Å²) < 4.78 is 0. The Balaban J connectivity index is 1.40. The Morgan fingerprint density at radius 1 is 0.867 bits per heavy atom. The van der Waals surface area contributed by atoms with Gasteiger partial charge in [-0.25, -0.2) is 9.97 Å². The molecule has 7 heteroatoms. The zero-order valence-electron chi connectivity index (χ0n) is 16.4. The summed E-state index contributed by atoms with van der Waals surface area (Å²) >= 11 is 0. The number of carbonyl (C=O) groups excluding carboxylic acids is 2. The minimum Gasteiger partial charge on any atom is -0.352 e. The Labute approximate surface area is 174 Å². The van der Waals surface area contributed by atoms with E-state index in [1.807, 2.05) is 66.7 Å². The van der Waals surface area contributed by atoms with E-state index in [0.717, 1.165) is 16.5 Å². The number of rotatable bonds is 6. The molecule has 0 saturated heterocycles. The van der Waals surface area contributed by atoms with Crippen LogP contribution >= 0.6 is 0 Å². The molecule has 0 saturated carbocycles. The summed E-state index contributed by atoms with van der Waals surface area (Å²) in [6.45, 7) is 0.444. The highest BCUT2D eigenvalue weighted by Crippen LogP contribution is 2.26. The maximum absolute atomic E-state index is 12.9. The van der Waals surface area contributed by atoms with Crippen LogP contribution in [0.1, 0.15) is 18.4 Å². The standard InChI is InChI=1S/C23H23N5O2/c29-22(24-14-16-8-2-1-3-9-16)17-10-4-5-11-18(17)23(30)28-27-21-19-12-6-7-13-20(19)25-15-26-21/h1-9,12-13,15,17-18H,10-11,14H2,(H,24,29)(H,28,30)(H,25,26,27)/t17-,18-/m0/s1. The van der Waals surface area contributed by atoms with Gasteiger partial charge in [-0.15, -0.1) is 0 Å². The lowest BCUT2D eigenvalue weighted by molar-refractivity contribution is -0.134. The third kappa shape index (κ3) is 4.46. The van der Waals surface area contributed by atoms with Crippen molar-refractivity contribution >= 4 is 28.5 Å². The van der Waals surface area contributed by atoms with Crippen LogP contribution in [0.15, 0.2) is 73.1 Å². The number of hydrogen-bond acceptors (Lipinski definition) is 5. The molecule has 4 rings (SSSR count). The molecule has 0 bridgehead atoms. The number of aromatic nitrogens is 2. The molecular weight excluding hydrogens is 378 g/mol. The van der Waals surface area contributed by atoms with E-state index in [0.29, 0.717) is 25.2 Å². The van der Waals surface area contributed by atoms with Gasteiger partial charge in [0.15, 0.2) is 5.82 Å². The van der Waals surface area contributed by atoms with Gasteiger partial charge in [0.05, 0.1) is 17.4 Å². The lowest BCUT2D eigenvalue weighted by Gasteiger charge is -2.27. The SMILES string of the molecule is O=C(NCc1ccccc1)[C@H]1CC=CC[C@@H]1C(=O)NNc1ncnc2ccccc12. The highest BCUT2D eigenvalue weighted by molar-refractivity contribution is 5.91. The smallest absolute Gasteiger partial charge is 0.242 e. The fourth-order valence-electron chi connectivity index (χ4n) is 3.63. The molecule has 1 aromatic heterocycles. The maximum atomic E-state index is 12.9. The molecule has 3 N–H and O–H groups in total. The Bertz CT molecular complexity index is 1060. The van der Waals surface area contributed by atoms with Gasteiger partial charge in [-0.05, 0) is 30.5 Å². The molecule has 2 atom stereocenters. The second-order valence-corrected chi connectivity index (χ2v) is 7.21. The number of nitrogens with one attached hydrogen (secondary N) is 3. The zero-order chi connectivity index (χ0) is 20.8. The third-order valence-corrected chi connectivity index (χ3v) is 5.26. The molecule has 1 heterocycles. The van der Waals surface area contributed by atoms with Crippen LogP contribution in [0.5, 0.6) is 0 Å². The molecule has 152 valence electrons. The van der Waals surface area contributed by atoms with Crippen molar-refractivity contribution in [3.8, 4) is 0 Å². The summed E-state index contributed by atoms with van der Waals surface area (Å²) in [6.07, 6.45) is 6.41. The summed E-state index contributed by atoms with van der Waals surface area (Å²) in [5.41, 5.74) is 7.43. The van der Waals surface area contributed by atoms with Crippen molar-refractivity contribution in [1.82, 2.24) is 20.7 Å². The largest absolute Gasteiger partial charge is 0.352 e. The molecule has 3 aromatic rings. The van der Waals surface area contributed by atoms with E-state index in [1.54, 1.807) is 0 Å². The summed E-state index contributed by atoms with van der Waals surface area (Å²) in [5, 5.41) is 3.76. The number of hydrogen-bond donors (Lipinski definition) is 3. The quantitative estimate of drug-likeness (QED) is 0.436. The number of para-hydroxylation sites is 1. The minimum atomic E-state index is -0.452. The summed E-state index contributed by atoms with van der Waals surface area (Å²) in [4.78, 5) is 34.1. The van der Waals surface area contributed by atoms with Crippen LogP contribution in [0.2, 0.25) is 0 Å². The second-order valence-electron chi connectivity index (χ2n) is 7.21. The lowest BCUT2D eigenvalue weighted by atomic mass is 9.82. The molecule has 2 aromatic carbocycles. The molecule has 0 unspecified atom stereocenters. The summed E-state index contributed by atoms with van der Waals surface area (Å²) in [7, 11) is 0. The van der Waals surface area contributed by atoms with Crippen LogP contribution in [0.4, 0.5) is 5.82 Å². The van der Waals surface area contributed by atoms with Crippen molar-refractivity contribution in [2.75, 3.05) is 5.43 Å². The predicted molar refractivity (Wildman–Crippen MR) is 115 cm³/mol. The first-order valence-electron chi connectivity index (χ1n) is 9.94. The maximum Gasteiger partial charge on any atom is 0.242 e. The van der Waals surface area contributed by atoms with Gasteiger partial charge < -0.3 is 5.32 Å². The van der Waals surface area contributed by atoms with Crippen LogP contribution in [0.3, 0.4) is 0 Å². The van der Waals surface area contributed by atoms with E-state index < -0.39 is 11.8 Å². The fraction of sp³-hybridized carbons (Fsp3) is 0.217. The van der Waals surface area contributed by atoms with Crippen molar-refractivity contribution in [3.63, 3.8) is 0 Å². The van der Waals surface area contributed by atoms with Gasteiger partial charge in [-0.3, -0.25) is 20.4 Å².